The zero-order valence-electron chi connectivity index (χ0n) is 24.5. The third-order valence-corrected chi connectivity index (χ3v) is 7.39. The first-order valence-corrected chi connectivity index (χ1v) is 14.3. The summed E-state index contributed by atoms with van der Waals surface area (Å²) in [6, 6.07) is 12.3. The van der Waals surface area contributed by atoms with Gasteiger partial charge in [-0.15, -0.1) is 0 Å². The lowest BCUT2D eigenvalue weighted by Gasteiger charge is -2.32. The van der Waals surface area contributed by atoms with Crippen LogP contribution < -0.4 is 16.0 Å². The molecule has 0 aromatic heterocycles. The zero-order valence-corrected chi connectivity index (χ0v) is 24.5. The van der Waals surface area contributed by atoms with Gasteiger partial charge in [-0.2, -0.15) is 0 Å². The van der Waals surface area contributed by atoms with E-state index >= 15 is 0 Å². The van der Waals surface area contributed by atoms with Crippen LogP contribution in [-0.2, 0) is 25.5 Å². The molecule has 0 aliphatic carbocycles. The quantitative estimate of drug-likeness (QED) is 0.266. The Kier molecular flexibility index (Phi) is 11.5. The van der Waals surface area contributed by atoms with E-state index in [0.29, 0.717) is 18.9 Å². The number of nitrogens with one attached hydrogen (secondary N) is 3. The summed E-state index contributed by atoms with van der Waals surface area (Å²) < 4.78 is 5.33. The number of hydrogen-bond donors (Lipinski definition) is 4. The highest BCUT2D eigenvalue weighted by molar-refractivity contribution is 5.94. The second kappa shape index (κ2) is 14.6. The third-order valence-electron chi connectivity index (χ3n) is 7.39. The Hall–Kier alpha value is -3.01. The van der Waals surface area contributed by atoms with Crippen molar-refractivity contribution in [3.8, 4) is 0 Å². The fraction of sp³-hybridized carbons (Fsp3) is 0.581. The van der Waals surface area contributed by atoms with Crippen molar-refractivity contribution >= 4 is 28.5 Å². The summed E-state index contributed by atoms with van der Waals surface area (Å²) in [4.78, 5) is 41.3. The van der Waals surface area contributed by atoms with Crippen molar-refractivity contribution in [1.29, 1.82) is 0 Å². The van der Waals surface area contributed by atoms with E-state index in [2.05, 4.69) is 29.8 Å². The summed E-state index contributed by atoms with van der Waals surface area (Å²) in [5.74, 6) is -0.527. The number of benzene rings is 2. The van der Waals surface area contributed by atoms with E-state index in [1.807, 2.05) is 42.5 Å². The number of hydrogen-bond acceptors (Lipinski definition) is 6. The summed E-state index contributed by atoms with van der Waals surface area (Å²) in [6.45, 7) is 9.97. The molecule has 2 aromatic rings. The predicted octanol–water partition coefficient (Wildman–Crippen LogP) is 2.40. The van der Waals surface area contributed by atoms with Crippen molar-refractivity contribution in [2.45, 2.75) is 77.2 Å². The molecule has 1 heterocycles. The second-order valence-electron chi connectivity index (χ2n) is 11.6. The fourth-order valence-corrected chi connectivity index (χ4v) is 4.90. The Labute approximate surface area is 238 Å². The molecule has 0 saturated carbocycles. The van der Waals surface area contributed by atoms with E-state index < -0.39 is 29.7 Å². The molecule has 9 nitrogen and oxygen atoms in total. The molecule has 1 aliphatic heterocycles. The lowest BCUT2D eigenvalue weighted by molar-refractivity contribution is -0.154. The van der Waals surface area contributed by atoms with Gasteiger partial charge >= 0.3 is 0 Å². The Morgan fingerprint density at radius 3 is 2.48 bits per heavy atom. The molecule has 3 unspecified atom stereocenters. The molecule has 3 atom stereocenters. The molecule has 3 rings (SSSR count). The van der Waals surface area contributed by atoms with Gasteiger partial charge in [0.15, 0.2) is 0 Å². The van der Waals surface area contributed by atoms with Crippen LogP contribution in [0.15, 0.2) is 42.5 Å². The van der Waals surface area contributed by atoms with Crippen LogP contribution in [0.2, 0.25) is 0 Å². The highest BCUT2D eigenvalue weighted by Gasteiger charge is 2.44. The number of carbonyl (C=O) groups is 3. The monoisotopic (exact) mass is 554 g/mol. The third kappa shape index (κ3) is 8.74. The van der Waals surface area contributed by atoms with Crippen molar-refractivity contribution < 1.29 is 24.2 Å². The number of rotatable bonds is 14. The molecule has 0 spiro atoms. The number of β-amino-alcohol motifs (C(OH)–C–C–N with tert-alkyl or cyclic N) is 1. The first-order valence-electron chi connectivity index (χ1n) is 14.3. The van der Waals surface area contributed by atoms with E-state index in [0.717, 1.165) is 42.3 Å². The number of unbranched alkanes of at least 4 members (excludes halogenated alkanes) is 1. The number of carbonyl (C=O) groups excluding carboxylic acids is 3. The lowest BCUT2D eigenvalue weighted by atomic mass is 10.0. The standard InChI is InChI=1S/C31H46N4O5/c1-21(2)19-32-14-8-9-15-33-28(37)26(17-22-12-13-23-10-6-7-11-24(23)16-22)34-29(38)27-18-25(36)20-35(27)30(39)31(3,4)40-5/h6-7,10-13,16,21,25-27,32,36H,8-9,14-15,17-20H2,1-5H3,(H,33,37)(H,34,38). The topological polar surface area (TPSA) is 120 Å². The number of likely N-dealkylation sites (tertiary alicyclic amines) is 1. The van der Waals surface area contributed by atoms with Crippen LogP contribution in [0, 0.1) is 5.92 Å². The van der Waals surface area contributed by atoms with Crippen molar-refractivity contribution in [1.82, 2.24) is 20.9 Å². The molecule has 1 saturated heterocycles. The highest BCUT2D eigenvalue weighted by atomic mass is 16.5. The van der Waals surface area contributed by atoms with Gasteiger partial charge in [-0.1, -0.05) is 56.3 Å². The van der Waals surface area contributed by atoms with Crippen LogP contribution in [0.3, 0.4) is 0 Å². The predicted molar refractivity (Wildman–Crippen MR) is 157 cm³/mol. The van der Waals surface area contributed by atoms with Gasteiger partial charge in [-0.05, 0) is 62.0 Å². The maximum atomic E-state index is 13.5. The van der Waals surface area contributed by atoms with Crippen molar-refractivity contribution in [3.63, 3.8) is 0 Å². The molecule has 0 radical (unpaired) electrons. The molecule has 0 bridgehead atoms. The molecule has 1 aliphatic rings. The molecule has 1 fully saturated rings. The molecule has 3 amide bonds. The Balaban J connectivity index is 1.71. The molecule has 9 heteroatoms. The minimum atomic E-state index is -1.14. The number of ether oxygens (including phenoxy) is 1. The van der Waals surface area contributed by atoms with Crippen LogP contribution in [0.25, 0.3) is 10.8 Å². The lowest BCUT2D eigenvalue weighted by Crippen LogP contribution is -2.56. The SMILES string of the molecule is COC(C)(C)C(=O)N1CC(O)CC1C(=O)NC(Cc1ccc2ccccc2c1)C(=O)NCCCCNCC(C)C. The maximum absolute atomic E-state index is 13.5. The van der Waals surface area contributed by atoms with Crippen LogP contribution in [0.1, 0.15) is 52.5 Å². The van der Waals surface area contributed by atoms with E-state index in [-0.39, 0.29) is 24.8 Å². The maximum Gasteiger partial charge on any atom is 0.254 e. The van der Waals surface area contributed by atoms with Crippen LogP contribution in [0.4, 0.5) is 0 Å². The Bertz CT molecular complexity index is 1150. The number of fused-ring (bicyclic) bond motifs is 1. The molecule has 220 valence electrons. The Morgan fingerprint density at radius 2 is 1.77 bits per heavy atom. The largest absolute Gasteiger partial charge is 0.391 e. The van der Waals surface area contributed by atoms with Gasteiger partial charge in [0, 0.05) is 33.0 Å². The summed E-state index contributed by atoms with van der Waals surface area (Å²) in [5, 5.41) is 21.7. The minimum absolute atomic E-state index is 0.0378. The van der Waals surface area contributed by atoms with E-state index in [1.54, 1.807) is 13.8 Å². The van der Waals surface area contributed by atoms with Gasteiger partial charge in [0.2, 0.25) is 11.8 Å². The first kappa shape index (κ1) is 31.5. The number of aliphatic hydroxyl groups excluding tert-OH is 1. The van der Waals surface area contributed by atoms with Crippen LogP contribution in [0.5, 0.6) is 0 Å². The number of amides is 3. The minimum Gasteiger partial charge on any atom is -0.391 e. The van der Waals surface area contributed by atoms with Gasteiger partial charge in [-0.25, -0.2) is 0 Å². The van der Waals surface area contributed by atoms with Crippen molar-refractivity contribution in [2.24, 2.45) is 5.92 Å². The van der Waals surface area contributed by atoms with Gasteiger partial charge in [0.05, 0.1) is 6.10 Å². The Morgan fingerprint density at radius 1 is 1.07 bits per heavy atom. The van der Waals surface area contributed by atoms with E-state index in [9.17, 15) is 19.5 Å². The van der Waals surface area contributed by atoms with E-state index in [4.69, 9.17) is 4.74 Å². The molecular formula is C31H46N4O5. The summed E-state index contributed by atoms with van der Waals surface area (Å²) in [6.07, 6.45) is 1.32. The fourth-order valence-electron chi connectivity index (χ4n) is 4.90. The number of nitrogens with zero attached hydrogens (tertiary/aromatic N) is 1. The van der Waals surface area contributed by atoms with Crippen LogP contribution in [-0.4, -0.2) is 84.8 Å². The molecule has 40 heavy (non-hydrogen) atoms. The normalized spacial score (nSPS) is 18.2. The summed E-state index contributed by atoms with van der Waals surface area (Å²) in [5.41, 5.74) is -0.231. The van der Waals surface area contributed by atoms with Gasteiger partial charge in [0.1, 0.15) is 17.7 Å². The zero-order chi connectivity index (χ0) is 29.3. The smallest absolute Gasteiger partial charge is 0.254 e. The highest BCUT2D eigenvalue weighted by Crippen LogP contribution is 2.24. The average Bonchev–Trinajstić information content (AvgIpc) is 3.32. The average molecular weight is 555 g/mol. The first-order chi connectivity index (χ1) is 19.0. The van der Waals surface area contributed by atoms with Gasteiger partial charge in [-0.3, -0.25) is 14.4 Å². The van der Waals surface area contributed by atoms with Crippen LogP contribution >= 0.6 is 0 Å². The van der Waals surface area contributed by atoms with Crippen molar-refractivity contribution in [2.75, 3.05) is 33.3 Å². The second-order valence-corrected chi connectivity index (χ2v) is 11.6. The number of methoxy groups -OCH3 is 1. The molecular weight excluding hydrogens is 508 g/mol. The van der Waals surface area contributed by atoms with Crippen molar-refractivity contribution in [3.05, 3.63) is 48.0 Å². The number of aliphatic hydroxyl groups is 1. The van der Waals surface area contributed by atoms with E-state index in [1.165, 1.54) is 12.0 Å². The molecule has 2 aromatic carbocycles. The van der Waals surface area contributed by atoms with Gasteiger partial charge < -0.3 is 30.7 Å². The van der Waals surface area contributed by atoms with Gasteiger partial charge in [0.25, 0.3) is 5.91 Å². The summed E-state index contributed by atoms with van der Waals surface area (Å²) >= 11 is 0. The molecule has 4 N–H and O–H groups in total. The summed E-state index contributed by atoms with van der Waals surface area (Å²) in [7, 11) is 1.43.